The highest BCUT2D eigenvalue weighted by Crippen LogP contribution is 2.42. The predicted molar refractivity (Wildman–Crippen MR) is 69.4 cm³/mol. The van der Waals surface area contributed by atoms with Gasteiger partial charge in [0.25, 0.3) is 11.8 Å². The molecule has 0 spiro atoms. The molecule has 0 bridgehead atoms. The average molecular weight is 271 g/mol. The lowest BCUT2D eigenvalue weighted by molar-refractivity contribution is -0.150. The monoisotopic (exact) mass is 271 g/mol. The second-order valence-electron chi connectivity index (χ2n) is 4.86. The number of carbonyl (C=O) groups excluding carboxylic acids is 3. The summed E-state index contributed by atoms with van der Waals surface area (Å²) in [4.78, 5) is 36.9. The lowest BCUT2D eigenvalue weighted by Crippen LogP contribution is -2.39. The van der Waals surface area contributed by atoms with Crippen LogP contribution in [-0.4, -0.2) is 29.8 Å². The van der Waals surface area contributed by atoms with Gasteiger partial charge in [0.1, 0.15) is 0 Å². The van der Waals surface area contributed by atoms with Crippen molar-refractivity contribution in [3.8, 4) is 0 Å². The van der Waals surface area contributed by atoms with E-state index >= 15 is 0 Å². The van der Waals surface area contributed by atoms with Gasteiger partial charge in [0.05, 0.1) is 19.1 Å². The smallest absolute Gasteiger partial charge is 0.311 e. The Hall–Kier alpha value is -2.43. The number of amides is 2. The molecule has 0 N–H and O–H groups in total. The molecule has 3 rings (SSSR count). The summed E-state index contributed by atoms with van der Waals surface area (Å²) in [6.07, 6.45) is 2.94. The van der Waals surface area contributed by atoms with Crippen LogP contribution >= 0.6 is 0 Å². The van der Waals surface area contributed by atoms with Crippen molar-refractivity contribution in [1.82, 2.24) is 4.90 Å². The SMILES string of the molecule is COC(=O)[C@H]1Cc2ccccc2[C@H]1N1C(=O)C=CC1=O. The highest BCUT2D eigenvalue weighted by molar-refractivity contribution is 6.13. The summed E-state index contributed by atoms with van der Waals surface area (Å²) in [7, 11) is 1.31. The molecular weight excluding hydrogens is 258 g/mol. The summed E-state index contributed by atoms with van der Waals surface area (Å²) >= 11 is 0. The lowest BCUT2D eigenvalue weighted by Gasteiger charge is -2.27. The topological polar surface area (TPSA) is 63.7 Å². The van der Waals surface area contributed by atoms with E-state index in [2.05, 4.69) is 0 Å². The molecule has 1 aliphatic carbocycles. The third-order valence-corrected chi connectivity index (χ3v) is 3.82. The maximum absolute atomic E-state index is 12.0. The number of imide groups is 1. The van der Waals surface area contributed by atoms with E-state index < -0.39 is 17.9 Å². The van der Waals surface area contributed by atoms with E-state index in [1.165, 1.54) is 19.3 Å². The number of esters is 1. The fourth-order valence-electron chi connectivity index (χ4n) is 2.94. The van der Waals surface area contributed by atoms with E-state index in [1.807, 2.05) is 24.3 Å². The first-order valence-corrected chi connectivity index (χ1v) is 6.34. The minimum absolute atomic E-state index is 0.384. The van der Waals surface area contributed by atoms with Crippen LogP contribution in [0, 0.1) is 5.92 Å². The molecule has 102 valence electrons. The number of benzene rings is 1. The first-order valence-electron chi connectivity index (χ1n) is 6.34. The second-order valence-corrected chi connectivity index (χ2v) is 4.86. The zero-order valence-corrected chi connectivity index (χ0v) is 10.9. The molecule has 0 unspecified atom stereocenters. The van der Waals surface area contributed by atoms with Crippen molar-refractivity contribution < 1.29 is 19.1 Å². The number of hydrogen-bond donors (Lipinski definition) is 0. The molecule has 20 heavy (non-hydrogen) atoms. The molecule has 5 heteroatoms. The van der Waals surface area contributed by atoms with Gasteiger partial charge in [-0.1, -0.05) is 24.3 Å². The zero-order valence-electron chi connectivity index (χ0n) is 10.9. The fourth-order valence-corrected chi connectivity index (χ4v) is 2.94. The number of fused-ring (bicyclic) bond motifs is 1. The van der Waals surface area contributed by atoms with Crippen LogP contribution in [0.5, 0.6) is 0 Å². The van der Waals surface area contributed by atoms with Crippen LogP contribution in [0.3, 0.4) is 0 Å². The summed E-state index contributed by atoms with van der Waals surface area (Å²) in [5.41, 5.74) is 1.81. The molecule has 0 aromatic heterocycles. The van der Waals surface area contributed by atoms with E-state index in [1.54, 1.807) is 0 Å². The van der Waals surface area contributed by atoms with E-state index in [0.29, 0.717) is 6.42 Å². The standard InChI is InChI=1S/C15H13NO4/c1-20-15(19)11-8-9-4-2-3-5-10(9)14(11)16-12(17)6-7-13(16)18/h2-7,11,14H,8H2,1H3/t11-,14+/m0/s1. The predicted octanol–water partition coefficient (Wildman–Crippen LogP) is 0.998. The van der Waals surface area contributed by atoms with Crippen molar-refractivity contribution in [3.05, 3.63) is 47.5 Å². The van der Waals surface area contributed by atoms with Crippen molar-refractivity contribution >= 4 is 17.8 Å². The normalized spacial score (nSPS) is 24.1. The molecule has 5 nitrogen and oxygen atoms in total. The Kier molecular flexibility index (Phi) is 2.89. The van der Waals surface area contributed by atoms with E-state index in [-0.39, 0.29) is 11.8 Å². The van der Waals surface area contributed by atoms with E-state index in [4.69, 9.17) is 4.74 Å². The van der Waals surface area contributed by atoms with Gasteiger partial charge in [-0.25, -0.2) is 0 Å². The van der Waals surface area contributed by atoms with Crippen LogP contribution in [0.2, 0.25) is 0 Å². The minimum atomic E-state index is -0.575. The second kappa shape index (κ2) is 4.59. The number of ether oxygens (including phenoxy) is 1. The van der Waals surface area contributed by atoms with Crippen LogP contribution in [0.25, 0.3) is 0 Å². The van der Waals surface area contributed by atoms with Gasteiger partial charge in [-0.2, -0.15) is 0 Å². The quantitative estimate of drug-likeness (QED) is 0.594. The third kappa shape index (κ3) is 1.74. The average Bonchev–Trinajstić information content (AvgIpc) is 2.98. The molecule has 2 atom stereocenters. The highest BCUT2D eigenvalue weighted by atomic mass is 16.5. The first-order chi connectivity index (χ1) is 9.63. The summed E-state index contributed by atoms with van der Waals surface area (Å²) < 4.78 is 4.82. The number of rotatable bonds is 2. The van der Waals surface area contributed by atoms with E-state index in [0.717, 1.165) is 16.0 Å². The van der Waals surface area contributed by atoms with Gasteiger partial charge in [0.2, 0.25) is 0 Å². The molecule has 1 aromatic rings. The third-order valence-electron chi connectivity index (χ3n) is 3.82. The largest absolute Gasteiger partial charge is 0.469 e. The van der Waals surface area contributed by atoms with Crippen LogP contribution in [0.15, 0.2) is 36.4 Å². The Bertz CT molecular complexity index is 617. The molecule has 0 fully saturated rings. The van der Waals surface area contributed by atoms with Gasteiger partial charge in [0, 0.05) is 12.2 Å². The number of nitrogens with zero attached hydrogens (tertiary/aromatic N) is 1. The molecular formula is C15H13NO4. The maximum Gasteiger partial charge on any atom is 0.311 e. The number of hydrogen-bond acceptors (Lipinski definition) is 4. The summed E-state index contributed by atoms with van der Waals surface area (Å²) in [5.74, 6) is -1.71. The van der Waals surface area contributed by atoms with Crippen LogP contribution in [-0.2, 0) is 25.5 Å². The van der Waals surface area contributed by atoms with Crippen molar-refractivity contribution in [2.75, 3.05) is 7.11 Å². The minimum Gasteiger partial charge on any atom is -0.469 e. The maximum atomic E-state index is 12.0. The molecule has 2 amide bonds. The molecule has 1 heterocycles. The Morgan fingerprint density at radius 3 is 2.50 bits per heavy atom. The van der Waals surface area contributed by atoms with Crippen LogP contribution in [0.4, 0.5) is 0 Å². The van der Waals surface area contributed by atoms with Crippen LogP contribution < -0.4 is 0 Å². The Balaban J connectivity index is 2.06. The molecule has 2 aliphatic rings. The Morgan fingerprint density at radius 1 is 1.20 bits per heavy atom. The zero-order chi connectivity index (χ0) is 14.3. The van der Waals surface area contributed by atoms with Gasteiger partial charge in [-0.3, -0.25) is 19.3 Å². The van der Waals surface area contributed by atoms with Crippen molar-refractivity contribution in [2.24, 2.45) is 5.92 Å². The number of carbonyl (C=O) groups is 3. The lowest BCUT2D eigenvalue weighted by atomic mass is 9.99. The molecule has 1 aromatic carbocycles. The number of methoxy groups -OCH3 is 1. The molecule has 0 saturated heterocycles. The highest BCUT2D eigenvalue weighted by Gasteiger charge is 2.45. The van der Waals surface area contributed by atoms with Crippen molar-refractivity contribution in [3.63, 3.8) is 0 Å². The Morgan fingerprint density at radius 2 is 1.85 bits per heavy atom. The molecule has 1 aliphatic heterocycles. The van der Waals surface area contributed by atoms with Gasteiger partial charge < -0.3 is 4.74 Å². The van der Waals surface area contributed by atoms with Gasteiger partial charge in [-0.05, 0) is 17.5 Å². The molecule has 0 radical (unpaired) electrons. The van der Waals surface area contributed by atoms with Gasteiger partial charge >= 0.3 is 5.97 Å². The molecule has 0 saturated carbocycles. The fraction of sp³-hybridized carbons (Fsp3) is 0.267. The first kappa shape index (κ1) is 12.6. The van der Waals surface area contributed by atoms with Crippen LogP contribution in [0.1, 0.15) is 17.2 Å². The van der Waals surface area contributed by atoms with E-state index in [9.17, 15) is 14.4 Å². The Labute approximate surface area is 115 Å². The van der Waals surface area contributed by atoms with Gasteiger partial charge in [-0.15, -0.1) is 0 Å². The van der Waals surface area contributed by atoms with Gasteiger partial charge in [0.15, 0.2) is 0 Å². The van der Waals surface area contributed by atoms with Crippen molar-refractivity contribution in [1.29, 1.82) is 0 Å². The summed E-state index contributed by atoms with van der Waals surface area (Å²) in [5, 5.41) is 0. The summed E-state index contributed by atoms with van der Waals surface area (Å²) in [6.45, 7) is 0. The summed E-state index contributed by atoms with van der Waals surface area (Å²) in [6, 6.07) is 6.89. The van der Waals surface area contributed by atoms with Crippen molar-refractivity contribution in [2.45, 2.75) is 12.5 Å².